The van der Waals surface area contributed by atoms with Crippen LogP contribution in [-0.4, -0.2) is 9.13 Å². The van der Waals surface area contributed by atoms with Crippen LogP contribution in [0, 0.1) is 0 Å². The van der Waals surface area contributed by atoms with Gasteiger partial charge in [-0.05, 0) is 81.2 Å². The van der Waals surface area contributed by atoms with Crippen LogP contribution >= 0.6 is 11.3 Å². The van der Waals surface area contributed by atoms with Crippen molar-refractivity contribution in [3.05, 3.63) is 158 Å². The summed E-state index contributed by atoms with van der Waals surface area (Å²) in [6, 6.07) is 58.2. The van der Waals surface area contributed by atoms with Crippen molar-refractivity contribution in [1.29, 1.82) is 0 Å². The summed E-state index contributed by atoms with van der Waals surface area (Å²) in [5, 5.41) is 10.4. The van der Waals surface area contributed by atoms with Gasteiger partial charge >= 0.3 is 0 Å². The van der Waals surface area contributed by atoms with Crippen LogP contribution in [0.5, 0.6) is 0 Å². The molecule has 3 heteroatoms. The summed E-state index contributed by atoms with van der Waals surface area (Å²) in [6.07, 6.45) is 0. The van der Waals surface area contributed by atoms with Gasteiger partial charge in [0, 0.05) is 27.2 Å². The molecule has 0 N–H and O–H groups in total. The van der Waals surface area contributed by atoms with E-state index < -0.39 is 0 Å². The van der Waals surface area contributed by atoms with Gasteiger partial charge in [0.05, 0.1) is 37.2 Å². The van der Waals surface area contributed by atoms with Crippen LogP contribution in [0.15, 0.2) is 158 Å². The van der Waals surface area contributed by atoms with Crippen LogP contribution in [0.4, 0.5) is 0 Å². The van der Waals surface area contributed by atoms with Gasteiger partial charge in [0.15, 0.2) is 0 Å². The Morgan fingerprint density at radius 2 is 1.06 bits per heavy atom. The second-order valence-electron chi connectivity index (χ2n) is 12.5. The Hall–Kier alpha value is -5.90. The number of para-hydroxylation sites is 3. The maximum absolute atomic E-state index is 2.50. The number of fused-ring (bicyclic) bond motifs is 9. The van der Waals surface area contributed by atoms with Crippen molar-refractivity contribution in [2.75, 3.05) is 0 Å². The Balaban J connectivity index is 1.26. The van der Waals surface area contributed by atoms with E-state index >= 15 is 0 Å². The Kier molecular flexibility index (Phi) is 5.02. The minimum absolute atomic E-state index is 1.17. The molecule has 0 radical (unpaired) electrons. The Labute approximate surface area is 274 Å². The molecule has 0 fully saturated rings. The molecule has 2 nitrogen and oxygen atoms in total. The fourth-order valence-electron chi connectivity index (χ4n) is 8.15. The van der Waals surface area contributed by atoms with Crippen molar-refractivity contribution in [1.82, 2.24) is 9.13 Å². The average Bonchev–Trinajstić information content (AvgIpc) is 3.47. The molecule has 0 aliphatic carbocycles. The Morgan fingerprint density at radius 1 is 0.383 bits per heavy atom. The molecule has 47 heavy (non-hydrogen) atoms. The topological polar surface area (TPSA) is 9.86 Å². The highest BCUT2D eigenvalue weighted by molar-refractivity contribution is 7.24. The second-order valence-corrected chi connectivity index (χ2v) is 13.6. The van der Waals surface area contributed by atoms with E-state index in [0.717, 1.165) is 0 Å². The fraction of sp³-hybridized carbons (Fsp3) is 0. The molecule has 3 heterocycles. The minimum atomic E-state index is 1.17. The zero-order chi connectivity index (χ0) is 30.6. The summed E-state index contributed by atoms with van der Waals surface area (Å²) in [4.78, 5) is 0. The highest BCUT2D eigenvalue weighted by atomic mass is 32.1. The molecule has 2 aliphatic rings. The first kappa shape index (κ1) is 25.3. The van der Waals surface area contributed by atoms with Crippen molar-refractivity contribution in [2.45, 2.75) is 0 Å². The molecule has 11 rings (SSSR count). The smallest absolute Gasteiger partial charge is 0.0713 e. The van der Waals surface area contributed by atoms with Gasteiger partial charge in [-0.25, -0.2) is 0 Å². The van der Waals surface area contributed by atoms with E-state index in [9.17, 15) is 0 Å². The highest BCUT2D eigenvalue weighted by Gasteiger charge is 2.21. The van der Waals surface area contributed by atoms with E-state index in [4.69, 9.17) is 0 Å². The molecule has 2 aliphatic heterocycles. The van der Waals surface area contributed by atoms with Crippen LogP contribution in [0.2, 0.25) is 0 Å². The molecule has 9 aromatic rings. The molecule has 0 saturated carbocycles. The molecule has 0 bridgehead atoms. The number of hydrogen-bond acceptors (Lipinski definition) is 1. The average molecular weight is 615 g/mol. The summed E-state index contributed by atoms with van der Waals surface area (Å²) in [6.45, 7) is 0. The standard InChI is InChI=1S/C44H26N2S/c1-2-13-29(14-3-1)45-36-20-7-6-17-34(36)43-31-16-5-4-15-30(31)35(26-39(43)45)28-23-24-37-41(25-28)47-40-22-10-19-33-32-18-8-11-27-12-9-21-38(42(27)32)46(37)44(33)40/h1-26H. The number of rotatable bonds is 2. The first-order chi connectivity index (χ1) is 23.3. The van der Waals surface area contributed by atoms with E-state index in [0.29, 0.717) is 0 Å². The highest BCUT2D eigenvalue weighted by Crippen LogP contribution is 2.45. The predicted molar refractivity (Wildman–Crippen MR) is 202 cm³/mol. The van der Waals surface area contributed by atoms with Crippen LogP contribution in [-0.2, 0) is 0 Å². The monoisotopic (exact) mass is 614 g/mol. The minimum Gasteiger partial charge on any atom is -0.309 e. The van der Waals surface area contributed by atoms with E-state index in [2.05, 4.69) is 167 Å². The first-order valence-corrected chi connectivity index (χ1v) is 16.9. The van der Waals surface area contributed by atoms with Crippen molar-refractivity contribution in [3.63, 3.8) is 0 Å². The van der Waals surface area contributed by atoms with Crippen molar-refractivity contribution < 1.29 is 0 Å². The van der Waals surface area contributed by atoms with Crippen LogP contribution < -0.4 is 0 Å². The molecular weight excluding hydrogens is 589 g/mol. The maximum Gasteiger partial charge on any atom is 0.0713 e. The van der Waals surface area contributed by atoms with E-state index in [1.807, 2.05) is 11.3 Å². The summed E-state index contributed by atoms with van der Waals surface area (Å²) < 4.78 is 7.50. The van der Waals surface area contributed by atoms with Gasteiger partial charge in [-0.1, -0.05) is 109 Å². The third kappa shape index (κ3) is 3.39. The zero-order valence-corrected chi connectivity index (χ0v) is 26.1. The fourth-order valence-corrected chi connectivity index (χ4v) is 9.28. The van der Waals surface area contributed by atoms with Gasteiger partial charge in [-0.3, -0.25) is 0 Å². The van der Waals surface area contributed by atoms with E-state index in [-0.39, 0.29) is 0 Å². The van der Waals surface area contributed by atoms with E-state index in [1.54, 1.807) is 0 Å². The molecule has 1 aromatic heterocycles. The van der Waals surface area contributed by atoms with Gasteiger partial charge in [-0.15, -0.1) is 11.3 Å². The normalized spacial score (nSPS) is 12.3. The van der Waals surface area contributed by atoms with Crippen molar-refractivity contribution in [3.8, 4) is 22.5 Å². The van der Waals surface area contributed by atoms with Crippen molar-refractivity contribution in [2.24, 2.45) is 0 Å². The van der Waals surface area contributed by atoms with Gasteiger partial charge in [0.1, 0.15) is 0 Å². The van der Waals surface area contributed by atoms with Gasteiger partial charge in [0.2, 0.25) is 0 Å². The van der Waals surface area contributed by atoms with Crippen LogP contribution in [0.1, 0.15) is 0 Å². The lowest BCUT2D eigenvalue weighted by Gasteiger charge is -2.23. The zero-order valence-electron chi connectivity index (χ0n) is 25.3. The lowest BCUT2D eigenvalue weighted by atomic mass is 9.94. The third-order valence-corrected chi connectivity index (χ3v) is 11.2. The van der Waals surface area contributed by atoms with Gasteiger partial charge in [-0.2, -0.15) is 0 Å². The molecule has 8 aromatic carbocycles. The Bertz CT molecular complexity index is 3010. The Morgan fingerprint density at radius 3 is 1.96 bits per heavy atom. The first-order valence-electron chi connectivity index (χ1n) is 16.1. The number of benzene rings is 8. The summed E-state index contributed by atoms with van der Waals surface area (Å²) in [7, 11) is 0. The quantitative estimate of drug-likeness (QED) is 0.135. The summed E-state index contributed by atoms with van der Waals surface area (Å²) in [5.74, 6) is 0. The largest absolute Gasteiger partial charge is 0.309 e. The van der Waals surface area contributed by atoms with E-state index in [1.165, 1.54) is 97.1 Å². The maximum atomic E-state index is 2.50. The lowest BCUT2D eigenvalue weighted by Crippen LogP contribution is -2.04. The number of pyridine rings is 1. The SMILES string of the molecule is c1ccc(-n2c3ccccc3c3c4ccccc4c(-c4ccc5c(c4)sc4cccc6c4-n5c4cccc5cccc6c54)cc32)cc1. The van der Waals surface area contributed by atoms with Crippen molar-refractivity contribution >= 4 is 85.9 Å². The molecule has 0 saturated heterocycles. The molecule has 0 unspecified atom stereocenters. The molecule has 0 atom stereocenters. The van der Waals surface area contributed by atoms with Gasteiger partial charge < -0.3 is 9.13 Å². The molecule has 0 amide bonds. The van der Waals surface area contributed by atoms with Gasteiger partial charge in [0.25, 0.3) is 0 Å². The number of aromatic nitrogens is 2. The third-order valence-electron chi connectivity index (χ3n) is 10.1. The number of hydrogen-bond donors (Lipinski definition) is 0. The van der Waals surface area contributed by atoms with Crippen LogP contribution in [0.25, 0.3) is 97.1 Å². The van der Waals surface area contributed by atoms with Crippen LogP contribution in [0.3, 0.4) is 0 Å². The second kappa shape index (κ2) is 9.32. The lowest BCUT2D eigenvalue weighted by molar-refractivity contribution is 1.18. The molecular formula is C44H26N2S. The molecule has 218 valence electrons. The predicted octanol–water partition coefficient (Wildman–Crippen LogP) is 12.5. The molecule has 0 spiro atoms. The summed E-state index contributed by atoms with van der Waals surface area (Å²) >= 11 is 1.89. The summed E-state index contributed by atoms with van der Waals surface area (Å²) in [5.41, 5.74) is 9.90. The number of nitrogens with zero attached hydrogens (tertiary/aromatic N) is 2.